The fourth-order valence-corrected chi connectivity index (χ4v) is 2.16. The van der Waals surface area contributed by atoms with E-state index in [4.69, 9.17) is 9.63 Å². The zero-order valence-electron chi connectivity index (χ0n) is 11.0. The molecule has 0 spiro atoms. The summed E-state index contributed by atoms with van der Waals surface area (Å²) in [4.78, 5) is 9.06. The largest absolute Gasteiger partial charge is 0.396 e. The number of aliphatic hydroxyl groups is 1. The highest BCUT2D eigenvalue weighted by atomic mass is 16.5. The minimum Gasteiger partial charge on any atom is -0.396 e. The monoisotopic (exact) mass is 254 g/mol. The van der Waals surface area contributed by atoms with Crippen LogP contribution < -0.4 is 0 Å². The van der Waals surface area contributed by atoms with Crippen LogP contribution in [0.4, 0.5) is 0 Å². The second kappa shape index (κ2) is 6.82. The van der Waals surface area contributed by atoms with Crippen molar-refractivity contribution in [2.24, 2.45) is 0 Å². The quantitative estimate of drug-likeness (QED) is 0.778. The van der Waals surface area contributed by atoms with Crippen molar-refractivity contribution >= 4 is 0 Å². The van der Waals surface area contributed by atoms with Crippen LogP contribution in [0.1, 0.15) is 25.1 Å². The molecule has 6 nitrogen and oxygen atoms in total. The van der Waals surface area contributed by atoms with Crippen LogP contribution in [-0.4, -0.2) is 64.4 Å². The second-order valence-corrected chi connectivity index (χ2v) is 4.65. The Labute approximate surface area is 108 Å². The van der Waals surface area contributed by atoms with Gasteiger partial charge in [-0.2, -0.15) is 4.98 Å². The minimum atomic E-state index is 0.281. The average molecular weight is 254 g/mol. The van der Waals surface area contributed by atoms with E-state index in [1.807, 2.05) is 6.92 Å². The molecule has 2 heterocycles. The Morgan fingerprint density at radius 3 is 2.56 bits per heavy atom. The second-order valence-electron chi connectivity index (χ2n) is 4.65. The van der Waals surface area contributed by atoms with Crippen molar-refractivity contribution in [1.29, 1.82) is 0 Å². The van der Waals surface area contributed by atoms with E-state index >= 15 is 0 Å². The summed E-state index contributed by atoms with van der Waals surface area (Å²) in [5.41, 5.74) is 0. The van der Waals surface area contributed by atoms with E-state index in [9.17, 15) is 0 Å². The molecule has 1 aliphatic rings. The van der Waals surface area contributed by atoms with Gasteiger partial charge in [-0.25, -0.2) is 0 Å². The Kier molecular flexibility index (Phi) is 5.10. The molecule has 2 rings (SSSR count). The molecular formula is C12H22N4O2. The maximum absolute atomic E-state index is 8.81. The standard InChI is InChI=1S/C12H22N4O2/c1-2-12-13-11(14-18-12)10-16-7-5-15(6-8-16)4-3-9-17/h17H,2-10H2,1H3. The molecule has 0 bridgehead atoms. The molecule has 102 valence electrons. The van der Waals surface area contributed by atoms with Crippen LogP contribution >= 0.6 is 0 Å². The highest BCUT2D eigenvalue weighted by molar-refractivity contribution is 4.87. The Morgan fingerprint density at radius 2 is 1.94 bits per heavy atom. The zero-order chi connectivity index (χ0) is 12.8. The van der Waals surface area contributed by atoms with Crippen LogP contribution in [0.2, 0.25) is 0 Å². The Morgan fingerprint density at radius 1 is 1.22 bits per heavy atom. The van der Waals surface area contributed by atoms with E-state index in [0.717, 1.165) is 57.9 Å². The molecule has 1 aromatic rings. The van der Waals surface area contributed by atoms with Gasteiger partial charge in [-0.15, -0.1) is 0 Å². The fraction of sp³-hybridized carbons (Fsp3) is 0.833. The number of nitrogens with zero attached hydrogens (tertiary/aromatic N) is 4. The van der Waals surface area contributed by atoms with E-state index in [1.165, 1.54) is 0 Å². The summed E-state index contributed by atoms with van der Waals surface area (Å²) in [6.45, 7) is 8.23. The van der Waals surface area contributed by atoms with Crippen molar-refractivity contribution in [3.8, 4) is 0 Å². The molecule has 18 heavy (non-hydrogen) atoms. The van der Waals surface area contributed by atoms with Gasteiger partial charge < -0.3 is 14.5 Å². The number of piperazine rings is 1. The van der Waals surface area contributed by atoms with Gasteiger partial charge in [0.25, 0.3) is 0 Å². The summed E-state index contributed by atoms with van der Waals surface area (Å²) in [7, 11) is 0. The lowest BCUT2D eigenvalue weighted by molar-refractivity contribution is 0.117. The molecule has 1 fully saturated rings. The Bertz CT molecular complexity index is 348. The molecule has 0 aromatic carbocycles. The summed E-state index contributed by atoms with van der Waals surface area (Å²) in [5.74, 6) is 1.50. The molecule has 0 aliphatic carbocycles. The van der Waals surface area contributed by atoms with Crippen LogP contribution in [0, 0.1) is 0 Å². The van der Waals surface area contributed by atoms with Gasteiger partial charge in [0.2, 0.25) is 5.89 Å². The molecule has 0 radical (unpaired) electrons. The van der Waals surface area contributed by atoms with Crippen molar-refractivity contribution in [2.75, 3.05) is 39.3 Å². The van der Waals surface area contributed by atoms with E-state index < -0.39 is 0 Å². The topological polar surface area (TPSA) is 65.6 Å². The molecule has 1 aromatic heterocycles. The molecule has 1 N–H and O–H groups in total. The minimum absolute atomic E-state index is 0.281. The first-order chi connectivity index (χ1) is 8.81. The van der Waals surface area contributed by atoms with Crippen molar-refractivity contribution in [3.63, 3.8) is 0 Å². The third-order valence-corrected chi connectivity index (χ3v) is 3.27. The van der Waals surface area contributed by atoms with Gasteiger partial charge in [0, 0.05) is 45.8 Å². The number of aromatic nitrogens is 2. The van der Waals surface area contributed by atoms with E-state index in [2.05, 4.69) is 19.9 Å². The molecule has 1 saturated heterocycles. The van der Waals surface area contributed by atoms with Gasteiger partial charge in [-0.05, 0) is 6.42 Å². The number of hydrogen-bond donors (Lipinski definition) is 1. The van der Waals surface area contributed by atoms with E-state index in [0.29, 0.717) is 5.89 Å². The lowest BCUT2D eigenvalue weighted by atomic mass is 10.3. The Balaban J connectivity index is 1.73. The predicted molar refractivity (Wildman–Crippen MR) is 67.1 cm³/mol. The summed E-state index contributed by atoms with van der Waals surface area (Å²) in [6.07, 6.45) is 1.66. The first-order valence-corrected chi connectivity index (χ1v) is 6.69. The van der Waals surface area contributed by atoms with Gasteiger partial charge in [-0.1, -0.05) is 12.1 Å². The predicted octanol–water partition coefficient (Wildman–Crippen LogP) is 0.132. The summed E-state index contributed by atoms with van der Waals surface area (Å²) < 4.78 is 5.10. The lowest BCUT2D eigenvalue weighted by Gasteiger charge is -2.33. The van der Waals surface area contributed by atoms with Crippen molar-refractivity contribution in [2.45, 2.75) is 26.3 Å². The first-order valence-electron chi connectivity index (χ1n) is 6.69. The van der Waals surface area contributed by atoms with Gasteiger partial charge in [0.15, 0.2) is 5.82 Å². The zero-order valence-corrected chi connectivity index (χ0v) is 11.0. The highest BCUT2D eigenvalue weighted by Gasteiger charge is 2.18. The van der Waals surface area contributed by atoms with E-state index in [-0.39, 0.29) is 6.61 Å². The molecule has 6 heteroatoms. The highest BCUT2D eigenvalue weighted by Crippen LogP contribution is 2.07. The summed E-state index contributed by atoms with van der Waals surface area (Å²) >= 11 is 0. The SMILES string of the molecule is CCc1nc(CN2CCN(CCCO)CC2)no1. The van der Waals surface area contributed by atoms with Crippen LogP contribution in [0.15, 0.2) is 4.52 Å². The summed E-state index contributed by atoms with van der Waals surface area (Å²) in [5, 5.41) is 12.8. The third kappa shape index (κ3) is 3.76. The number of aliphatic hydroxyl groups excluding tert-OH is 1. The number of aryl methyl sites for hydroxylation is 1. The van der Waals surface area contributed by atoms with E-state index in [1.54, 1.807) is 0 Å². The molecule has 0 saturated carbocycles. The van der Waals surface area contributed by atoms with Crippen LogP contribution in [0.25, 0.3) is 0 Å². The van der Waals surface area contributed by atoms with Gasteiger partial charge >= 0.3 is 0 Å². The third-order valence-electron chi connectivity index (χ3n) is 3.27. The number of hydrogen-bond acceptors (Lipinski definition) is 6. The van der Waals surface area contributed by atoms with Crippen molar-refractivity contribution in [3.05, 3.63) is 11.7 Å². The smallest absolute Gasteiger partial charge is 0.226 e. The van der Waals surface area contributed by atoms with Crippen molar-refractivity contribution in [1.82, 2.24) is 19.9 Å². The summed E-state index contributed by atoms with van der Waals surface area (Å²) in [6, 6.07) is 0. The molecule has 0 atom stereocenters. The van der Waals surface area contributed by atoms with Gasteiger partial charge in [-0.3, -0.25) is 4.90 Å². The molecule has 1 aliphatic heterocycles. The maximum Gasteiger partial charge on any atom is 0.226 e. The first kappa shape index (κ1) is 13.5. The Hall–Kier alpha value is -0.980. The molecular weight excluding hydrogens is 232 g/mol. The lowest BCUT2D eigenvalue weighted by Crippen LogP contribution is -2.46. The van der Waals surface area contributed by atoms with Crippen LogP contribution in [0.3, 0.4) is 0 Å². The van der Waals surface area contributed by atoms with Gasteiger partial charge in [0.1, 0.15) is 0 Å². The normalized spacial score (nSPS) is 18.3. The molecule has 0 unspecified atom stereocenters. The van der Waals surface area contributed by atoms with Crippen molar-refractivity contribution < 1.29 is 9.63 Å². The van der Waals surface area contributed by atoms with Crippen LogP contribution in [0.5, 0.6) is 0 Å². The maximum atomic E-state index is 8.81. The number of rotatable bonds is 6. The molecule has 0 amide bonds. The van der Waals surface area contributed by atoms with Crippen LogP contribution in [-0.2, 0) is 13.0 Å². The fourth-order valence-electron chi connectivity index (χ4n) is 2.16. The average Bonchev–Trinajstić information content (AvgIpc) is 2.86. The van der Waals surface area contributed by atoms with Gasteiger partial charge in [0.05, 0.1) is 6.54 Å².